The van der Waals surface area contributed by atoms with Crippen LogP contribution >= 0.6 is 0 Å². The van der Waals surface area contributed by atoms with Gasteiger partial charge >= 0.3 is 0 Å². The smallest absolute Gasteiger partial charge is 0.0323 e. The lowest BCUT2D eigenvalue weighted by molar-refractivity contribution is 0.126. The summed E-state index contributed by atoms with van der Waals surface area (Å²) in [6.45, 7) is 10.5. The van der Waals surface area contributed by atoms with Gasteiger partial charge in [0.1, 0.15) is 0 Å². The van der Waals surface area contributed by atoms with Crippen molar-refractivity contribution in [3.63, 3.8) is 0 Å². The predicted molar refractivity (Wildman–Crippen MR) is 80.1 cm³/mol. The summed E-state index contributed by atoms with van der Waals surface area (Å²) >= 11 is 0. The van der Waals surface area contributed by atoms with Gasteiger partial charge < -0.3 is 5.32 Å². The van der Waals surface area contributed by atoms with Gasteiger partial charge in [-0.3, -0.25) is 9.88 Å². The van der Waals surface area contributed by atoms with Gasteiger partial charge in [0.2, 0.25) is 0 Å². The molecule has 1 N–H and O–H groups in total. The lowest BCUT2D eigenvalue weighted by Crippen LogP contribution is -2.42. The average molecular weight is 261 g/mol. The molecule has 2 unspecified atom stereocenters. The molecule has 0 aromatic carbocycles. The van der Waals surface area contributed by atoms with Gasteiger partial charge in [-0.2, -0.15) is 0 Å². The summed E-state index contributed by atoms with van der Waals surface area (Å²) in [5.41, 5.74) is 1.37. The van der Waals surface area contributed by atoms with Crippen LogP contribution in [-0.2, 0) is 0 Å². The minimum Gasteiger partial charge on any atom is -0.316 e. The second kappa shape index (κ2) is 7.01. The fourth-order valence-electron chi connectivity index (χ4n) is 3.03. The van der Waals surface area contributed by atoms with Gasteiger partial charge in [-0.15, -0.1) is 0 Å². The molecule has 1 fully saturated rings. The molecule has 0 saturated carbocycles. The Morgan fingerprint density at radius 2 is 2.05 bits per heavy atom. The molecule has 2 heterocycles. The molecule has 1 saturated heterocycles. The average Bonchev–Trinajstić information content (AvgIpc) is 2.46. The zero-order chi connectivity index (χ0) is 13.7. The zero-order valence-electron chi connectivity index (χ0n) is 12.5. The van der Waals surface area contributed by atoms with E-state index in [1.54, 1.807) is 0 Å². The highest BCUT2D eigenvalue weighted by Crippen LogP contribution is 2.24. The van der Waals surface area contributed by atoms with Crippen molar-refractivity contribution in [1.29, 1.82) is 0 Å². The van der Waals surface area contributed by atoms with Crippen LogP contribution in [0.25, 0.3) is 0 Å². The summed E-state index contributed by atoms with van der Waals surface area (Å²) in [6.07, 6.45) is 6.47. The number of nitrogens with one attached hydrogen (secondary N) is 1. The number of nitrogens with zero attached hydrogens (tertiary/aromatic N) is 2. The number of aromatic nitrogens is 1. The van der Waals surface area contributed by atoms with Gasteiger partial charge in [0.05, 0.1) is 0 Å². The Kier molecular flexibility index (Phi) is 5.34. The van der Waals surface area contributed by atoms with E-state index in [1.807, 2.05) is 12.4 Å². The summed E-state index contributed by atoms with van der Waals surface area (Å²) in [5.74, 6) is 0.792. The molecule has 19 heavy (non-hydrogen) atoms. The summed E-state index contributed by atoms with van der Waals surface area (Å²) < 4.78 is 0. The Bertz CT molecular complexity index is 358. The van der Waals surface area contributed by atoms with Gasteiger partial charge in [0.15, 0.2) is 0 Å². The van der Waals surface area contributed by atoms with Crippen LogP contribution in [0.2, 0.25) is 0 Å². The van der Waals surface area contributed by atoms with Gasteiger partial charge in [-0.25, -0.2) is 0 Å². The molecule has 1 aromatic heterocycles. The highest BCUT2D eigenvalue weighted by molar-refractivity contribution is 5.14. The minimum absolute atomic E-state index is 0.463. The Labute approximate surface area is 117 Å². The van der Waals surface area contributed by atoms with Gasteiger partial charge in [0, 0.05) is 31.0 Å². The predicted octanol–water partition coefficient (Wildman–Crippen LogP) is 2.85. The van der Waals surface area contributed by atoms with Crippen LogP contribution in [0, 0.1) is 5.92 Å². The molecular weight excluding hydrogens is 234 g/mol. The molecular formula is C16H27N3. The van der Waals surface area contributed by atoms with Crippen molar-refractivity contribution in [3.05, 3.63) is 30.1 Å². The molecule has 2 rings (SSSR count). The van der Waals surface area contributed by atoms with Crippen LogP contribution in [0.15, 0.2) is 24.5 Å². The third-order valence-electron chi connectivity index (χ3n) is 4.22. The maximum atomic E-state index is 4.12. The SMILES string of the molecule is CC(C)N(CC1CCCNC1)C(C)c1ccncc1. The molecule has 0 bridgehead atoms. The maximum Gasteiger partial charge on any atom is 0.0323 e. The van der Waals surface area contributed by atoms with Gasteiger partial charge in [-0.05, 0) is 70.3 Å². The van der Waals surface area contributed by atoms with Crippen LogP contribution in [0.1, 0.15) is 45.2 Å². The quantitative estimate of drug-likeness (QED) is 0.883. The first-order chi connectivity index (χ1) is 9.18. The molecule has 2 atom stereocenters. The van der Waals surface area contributed by atoms with Crippen molar-refractivity contribution in [1.82, 2.24) is 15.2 Å². The Morgan fingerprint density at radius 3 is 2.63 bits per heavy atom. The van der Waals surface area contributed by atoms with Crippen LogP contribution in [0.5, 0.6) is 0 Å². The number of hydrogen-bond acceptors (Lipinski definition) is 3. The van der Waals surface area contributed by atoms with E-state index in [2.05, 4.69) is 48.1 Å². The van der Waals surface area contributed by atoms with Crippen LogP contribution in [0.4, 0.5) is 0 Å². The van der Waals surface area contributed by atoms with E-state index >= 15 is 0 Å². The number of hydrogen-bond donors (Lipinski definition) is 1. The fraction of sp³-hybridized carbons (Fsp3) is 0.688. The number of piperidine rings is 1. The summed E-state index contributed by atoms with van der Waals surface area (Å²) in [7, 11) is 0. The van der Waals surface area contributed by atoms with E-state index in [1.165, 1.54) is 38.0 Å². The van der Waals surface area contributed by atoms with Crippen molar-refractivity contribution < 1.29 is 0 Å². The van der Waals surface area contributed by atoms with Crippen molar-refractivity contribution in [3.8, 4) is 0 Å². The monoisotopic (exact) mass is 261 g/mol. The highest BCUT2D eigenvalue weighted by Gasteiger charge is 2.23. The molecule has 0 spiro atoms. The van der Waals surface area contributed by atoms with Crippen molar-refractivity contribution in [2.45, 2.75) is 45.7 Å². The number of pyridine rings is 1. The van der Waals surface area contributed by atoms with E-state index in [0.29, 0.717) is 12.1 Å². The first-order valence-corrected chi connectivity index (χ1v) is 7.55. The second-order valence-corrected chi connectivity index (χ2v) is 5.96. The molecule has 0 aliphatic carbocycles. The van der Waals surface area contributed by atoms with E-state index in [-0.39, 0.29) is 0 Å². The summed E-state index contributed by atoms with van der Waals surface area (Å²) in [5, 5.41) is 3.52. The first kappa shape index (κ1) is 14.5. The minimum atomic E-state index is 0.463. The highest BCUT2D eigenvalue weighted by atomic mass is 15.2. The Hall–Kier alpha value is -0.930. The normalized spacial score (nSPS) is 21.8. The largest absolute Gasteiger partial charge is 0.316 e. The van der Waals surface area contributed by atoms with Crippen molar-refractivity contribution in [2.24, 2.45) is 5.92 Å². The number of rotatable bonds is 5. The van der Waals surface area contributed by atoms with Gasteiger partial charge in [0.25, 0.3) is 0 Å². The third kappa shape index (κ3) is 4.02. The topological polar surface area (TPSA) is 28.2 Å². The first-order valence-electron chi connectivity index (χ1n) is 7.55. The standard InChI is InChI=1S/C16H27N3/c1-13(2)19(12-15-5-4-8-18-11-15)14(3)16-6-9-17-10-7-16/h6-7,9-10,13-15,18H,4-5,8,11-12H2,1-3H3. The van der Waals surface area contributed by atoms with Gasteiger partial charge in [-0.1, -0.05) is 0 Å². The molecule has 0 radical (unpaired) electrons. The lowest BCUT2D eigenvalue weighted by Gasteiger charge is -2.37. The molecule has 1 aliphatic rings. The molecule has 106 valence electrons. The summed E-state index contributed by atoms with van der Waals surface area (Å²) in [6, 6.07) is 5.31. The molecule has 3 heteroatoms. The van der Waals surface area contributed by atoms with E-state index < -0.39 is 0 Å². The van der Waals surface area contributed by atoms with E-state index in [9.17, 15) is 0 Å². The Balaban J connectivity index is 2.02. The molecule has 1 aromatic rings. The zero-order valence-corrected chi connectivity index (χ0v) is 12.5. The van der Waals surface area contributed by atoms with Crippen molar-refractivity contribution >= 4 is 0 Å². The van der Waals surface area contributed by atoms with E-state index in [4.69, 9.17) is 0 Å². The Morgan fingerprint density at radius 1 is 1.32 bits per heavy atom. The lowest BCUT2D eigenvalue weighted by atomic mass is 9.96. The van der Waals surface area contributed by atoms with Crippen molar-refractivity contribution in [2.75, 3.05) is 19.6 Å². The second-order valence-electron chi connectivity index (χ2n) is 5.96. The molecule has 1 aliphatic heterocycles. The fourth-order valence-corrected chi connectivity index (χ4v) is 3.03. The van der Waals surface area contributed by atoms with Crippen LogP contribution in [0.3, 0.4) is 0 Å². The third-order valence-corrected chi connectivity index (χ3v) is 4.22. The van der Waals surface area contributed by atoms with Crippen LogP contribution < -0.4 is 5.32 Å². The maximum absolute atomic E-state index is 4.12. The summed E-state index contributed by atoms with van der Waals surface area (Å²) in [4.78, 5) is 6.74. The molecule has 0 amide bonds. The van der Waals surface area contributed by atoms with E-state index in [0.717, 1.165) is 5.92 Å². The van der Waals surface area contributed by atoms with Crippen LogP contribution in [-0.4, -0.2) is 35.6 Å². The molecule has 3 nitrogen and oxygen atoms in total.